The maximum absolute atomic E-state index is 12.8. The summed E-state index contributed by atoms with van der Waals surface area (Å²) >= 11 is 12.7. The van der Waals surface area contributed by atoms with Gasteiger partial charge in [-0.3, -0.25) is 4.79 Å². The Morgan fingerprint density at radius 3 is 2.74 bits per heavy atom. The van der Waals surface area contributed by atoms with E-state index < -0.39 is 5.41 Å². The van der Waals surface area contributed by atoms with Crippen molar-refractivity contribution in [3.8, 4) is 0 Å². The average Bonchev–Trinajstić information content (AvgIpc) is 3.08. The summed E-state index contributed by atoms with van der Waals surface area (Å²) in [6, 6.07) is 3.60. The molecule has 0 aliphatic heterocycles. The van der Waals surface area contributed by atoms with Gasteiger partial charge < -0.3 is 9.72 Å². The van der Waals surface area contributed by atoms with Crippen LogP contribution in [-0.4, -0.2) is 17.6 Å². The Labute approximate surface area is 146 Å². The molecule has 3 rings (SSSR count). The van der Waals surface area contributed by atoms with Crippen molar-refractivity contribution in [1.29, 1.82) is 0 Å². The number of benzene rings is 1. The molecule has 5 heteroatoms. The summed E-state index contributed by atoms with van der Waals surface area (Å²) in [6.07, 6.45) is 4.40. The highest BCUT2D eigenvalue weighted by Crippen LogP contribution is 2.48. The molecule has 0 saturated heterocycles. The van der Waals surface area contributed by atoms with E-state index in [9.17, 15) is 4.79 Å². The maximum Gasteiger partial charge on any atom is 0.318 e. The molecule has 1 aromatic heterocycles. The Bertz CT molecular complexity index is 753. The van der Waals surface area contributed by atoms with Crippen molar-refractivity contribution in [3.05, 3.63) is 33.4 Å². The van der Waals surface area contributed by atoms with E-state index in [0.717, 1.165) is 54.3 Å². The number of H-pyrrole nitrogens is 1. The normalized spacial score (nSPS) is 20.0. The Balaban J connectivity index is 2.19. The first-order valence-corrected chi connectivity index (χ1v) is 8.97. The molecule has 1 aliphatic carbocycles. The van der Waals surface area contributed by atoms with E-state index in [4.69, 9.17) is 27.9 Å². The first-order valence-electron chi connectivity index (χ1n) is 8.21. The molecule has 0 saturated carbocycles. The quantitative estimate of drug-likeness (QED) is 0.729. The molecule has 23 heavy (non-hydrogen) atoms. The number of fused-ring (bicyclic) bond motifs is 3. The molecule has 3 nitrogen and oxygen atoms in total. The summed E-state index contributed by atoms with van der Waals surface area (Å²) in [5.41, 5.74) is 2.31. The van der Waals surface area contributed by atoms with Gasteiger partial charge in [0.05, 0.1) is 22.2 Å². The van der Waals surface area contributed by atoms with Crippen molar-refractivity contribution in [2.75, 3.05) is 6.61 Å². The predicted octanol–water partition coefficient (Wildman–Crippen LogP) is 5.41. The number of hydrogen-bond acceptors (Lipinski definition) is 2. The number of aromatic amines is 1. The lowest BCUT2D eigenvalue weighted by Gasteiger charge is -2.27. The number of aromatic nitrogens is 1. The zero-order valence-electron chi connectivity index (χ0n) is 13.5. The molecule has 0 bridgehead atoms. The first kappa shape index (κ1) is 16.7. The van der Waals surface area contributed by atoms with Crippen molar-refractivity contribution < 1.29 is 9.53 Å². The van der Waals surface area contributed by atoms with Crippen LogP contribution in [0.3, 0.4) is 0 Å². The fourth-order valence-corrected chi connectivity index (χ4v) is 4.20. The number of halogens is 2. The van der Waals surface area contributed by atoms with E-state index in [1.165, 1.54) is 0 Å². The molecule has 1 N–H and O–H groups in total. The van der Waals surface area contributed by atoms with Crippen molar-refractivity contribution in [1.82, 2.24) is 4.98 Å². The molecule has 1 heterocycles. The number of rotatable bonds is 5. The summed E-state index contributed by atoms with van der Waals surface area (Å²) < 4.78 is 5.41. The zero-order chi connectivity index (χ0) is 16.6. The summed E-state index contributed by atoms with van der Waals surface area (Å²) in [6.45, 7) is 4.37. The van der Waals surface area contributed by atoms with Gasteiger partial charge in [-0.25, -0.2) is 0 Å². The monoisotopic (exact) mass is 353 g/mol. The van der Waals surface area contributed by atoms with Crippen LogP contribution in [0.2, 0.25) is 10.0 Å². The van der Waals surface area contributed by atoms with Gasteiger partial charge in [-0.1, -0.05) is 43.0 Å². The molecule has 0 amide bonds. The summed E-state index contributed by atoms with van der Waals surface area (Å²) in [7, 11) is 0. The van der Waals surface area contributed by atoms with E-state index >= 15 is 0 Å². The van der Waals surface area contributed by atoms with Crippen molar-refractivity contribution >= 4 is 40.1 Å². The summed E-state index contributed by atoms with van der Waals surface area (Å²) in [5, 5.41) is 2.26. The minimum atomic E-state index is -0.590. The van der Waals surface area contributed by atoms with Gasteiger partial charge in [-0.2, -0.15) is 0 Å². The van der Waals surface area contributed by atoms with Gasteiger partial charge in [0.1, 0.15) is 5.41 Å². The molecular weight excluding hydrogens is 333 g/mol. The van der Waals surface area contributed by atoms with Gasteiger partial charge in [0.15, 0.2) is 0 Å². The zero-order valence-corrected chi connectivity index (χ0v) is 15.0. The van der Waals surface area contributed by atoms with Crippen LogP contribution in [-0.2, 0) is 21.4 Å². The molecule has 0 spiro atoms. The van der Waals surface area contributed by atoms with Crippen molar-refractivity contribution in [3.63, 3.8) is 0 Å². The minimum Gasteiger partial charge on any atom is -0.465 e. The smallest absolute Gasteiger partial charge is 0.318 e. The Morgan fingerprint density at radius 2 is 2.04 bits per heavy atom. The second-order valence-electron chi connectivity index (χ2n) is 6.16. The lowest BCUT2D eigenvalue weighted by Crippen LogP contribution is -2.36. The van der Waals surface area contributed by atoms with E-state index in [1.54, 1.807) is 6.07 Å². The topological polar surface area (TPSA) is 42.1 Å². The number of hydrogen-bond donors (Lipinski definition) is 1. The maximum atomic E-state index is 12.8. The fourth-order valence-electron chi connectivity index (χ4n) is 3.72. The largest absolute Gasteiger partial charge is 0.465 e. The number of ether oxygens (including phenoxy) is 1. The number of aryl methyl sites for hydroxylation is 1. The Hall–Kier alpha value is -1.19. The van der Waals surface area contributed by atoms with Gasteiger partial charge in [0.25, 0.3) is 0 Å². The van der Waals surface area contributed by atoms with Crippen LogP contribution in [0.5, 0.6) is 0 Å². The Morgan fingerprint density at radius 1 is 1.30 bits per heavy atom. The van der Waals surface area contributed by atoms with Gasteiger partial charge in [-0.05, 0) is 43.9 Å². The highest BCUT2D eigenvalue weighted by atomic mass is 35.5. The third-order valence-electron chi connectivity index (χ3n) is 4.86. The van der Waals surface area contributed by atoms with E-state index in [2.05, 4.69) is 11.9 Å². The van der Waals surface area contributed by atoms with Crippen LogP contribution in [0.4, 0.5) is 0 Å². The van der Waals surface area contributed by atoms with E-state index in [1.807, 2.05) is 13.0 Å². The molecular formula is C18H21Cl2NO2. The molecule has 0 radical (unpaired) electrons. The van der Waals surface area contributed by atoms with Gasteiger partial charge in [0, 0.05) is 11.1 Å². The number of esters is 1. The SMILES string of the molecule is CCCCC1(C(=O)OCC)CCc2c1[nH]c1c(Cl)ccc(Cl)c21. The average molecular weight is 354 g/mol. The number of carbonyl (C=O) groups is 1. The van der Waals surface area contributed by atoms with E-state index in [-0.39, 0.29) is 5.97 Å². The van der Waals surface area contributed by atoms with Crippen LogP contribution in [0, 0.1) is 0 Å². The first-order chi connectivity index (χ1) is 11.0. The summed E-state index contributed by atoms with van der Waals surface area (Å²) in [4.78, 5) is 16.2. The molecule has 1 atom stereocenters. The van der Waals surface area contributed by atoms with Crippen LogP contribution in [0.15, 0.2) is 12.1 Å². The van der Waals surface area contributed by atoms with Crippen LogP contribution >= 0.6 is 23.2 Å². The lowest BCUT2D eigenvalue weighted by molar-refractivity contribution is -0.150. The van der Waals surface area contributed by atoms with Crippen LogP contribution < -0.4 is 0 Å². The van der Waals surface area contributed by atoms with Gasteiger partial charge in [0.2, 0.25) is 0 Å². The molecule has 1 unspecified atom stereocenters. The Kier molecular flexibility index (Phi) is 4.61. The third-order valence-corrected chi connectivity index (χ3v) is 5.49. The van der Waals surface area contributed by atoms with E-state index in [0.29, 0.717) is 16.7 Å². The van der Waals surface area contributed by atoms with Crippen LogP contribution in [0.1, 0.15) is 50.8 Å². The molecule has 1 aromatic carbocycles. The second kappa shape index (κ2) is 6.37. The summed E-state index contributed by atoms with van der Waals surface area (Å²) in [5.74, 6) is -0.133. The third kappa shape index (κ3) is 2.54. The fraction of sp³-hybridized carbons (Fsp3) is 0.500. The standard InChI is InChI=1S/C18H21Cl2NO2/c1-3-5-9-18(17(22)23-4-2)10-8-11-14-12(19)6-7-13(20)15(14)21-16(11)18/h6-7,21H,3-5,8-10H2,1-2H3. The molecule has 124 valence electrons. The number of nitrogens with one attached hydrogen (secondary N) is 1. The molecule has 0 fully saturated rings. The van der Waals surface area contributed by atoms with Gasteiger partial charge >= 0.3 is 5.97 Å². The van der Waals surface area contributed by atoms with Gasteiger partial charge in [-0.15, -0.1) is 0 Å². The molecule has 2 aromatic rings. The number of carbonyl (C=O) groups excluding carboxylic acids is 1. The van der Waals surface area contributed by atoms with Crippen LogP contribution in [0.25, 0.3) is 10.9 Å². The predicted molar refractivity (Wildman–Crippen MR) is 94.5 cm³/mol. The lowest BCUT2D eigenvalue weighted by atomic mass is 9.80. The molecule has 1 aliphatic rings. The van der Waals surface area contributed by atoms with Crippen molar-refractivity contribution in [2.45, 2.75) is 51.4 Å². The highest BCUT2D eigenvalue weighted by molar-refractivity contribution is 6.40. The van der Waals surface area contributed by atoms with Crippen molar-refractivity contribution in [2.24, 2.45) is 0 Å². The second-order valence-corrected chi connectivity index (χ2v) is 6.98. The minimum absolute atomic E-state index is 0.133. The highest BCUT2D eigenvalue weighted by Gasteiger charge is 2.48. The number of unbranched alkanes of at least 4 members (excludes halogenated alkanes) is 1.